The first-order valence-electron chi connectivity index (χ1n) is 7.48. The lowest BCUT2D eigenvalue weighted by molar-refractivity contribution is -0.126. The van der Waals surface area contributed by atoms with E-state index >= 15 is 0 Å². The van der Waals surface area contributed by atoms with Gasteiger partial charge in [0, 0.05) is 28.4 Å². The maximum absolute atomic E-state index is 13.0. The quantitative estimate of drug-likeness (QED) is 0.684. The molecular weight excluding hydrogens is 329 g/mol. The number of nitrogens with one attached hydrogen (secondary N) is 1. The van der Waals surface area contributed by atoms with E-state index in [1.165, 1.54) is 34.0 Å². The summed E-state index contributed by atoms with van der Waals surface area (Å²) in [6.07, 6.45) is 1.71. The van der Waals surface area contributed by atoms with Crippen LogP contribution in [-0.4, -0.2) is 24.6 Å². The predicted molar refractivity (Wildman–Crippen MR) is 91.7 cm³/mol. The maximum atomic E-state index is 13.0. The molecule has 24 heavy (non-hydrogen) atoms. The van der Waals surface area contributed by atoms with Gasteiger partial charge in [0.2, 0.25) is 11.8 Å². The fourth-order valence-electron chi connectivity index (χ4n) is 2.53. The third kappa shape index (κ3) is 3.68. The Hall–Kier alpha value is -2.54. The van der Waals surface area contributed by atoms with Gasteiger partial charge in [-0.2, -0.15) is 5.10 Å². The summed E-state index contributed by atoms with van der Waals surface area (Å²) >= 11 is 1.58. The zero-order valence-corrected chi connectivity index (χ0v) is 13.8. The van der Waals surface area contributed by atoms with Crippen molar-refractivity contribution in [2.75, 3.05) is 11.4 Å². The van der Waals surface area contributed by atoms with Crippen LogP contribution in [0.3, 0.4) is 0 Å². The molecule has 0 spiro atoms. The molecule has 1 aliphatic rings. The van der Waals surface area contributed by atoms with Gasteiger partial charge in [-0.05, 0) is 43.3 Å². The van der Waals surface area contributed by atoms with Gasteiger partial charge in [-0.15, -0.1) is 11.3 Å². The number of halogens is 1. The van der Waals surface area contributed by atoms with E-state index in [2.05, 4.69) is 10.5 Å². The molecule has 0 bridgehead atoms. The molecule has 2 amide bonds. The van der Waals surface area contributed by atoms with Crippen molar-refractivity contribution in [3.63, 3.8) is 0 Å². The van der Waals surface area contributed by atoms with E-state index in [4.69, 9.17) is 0 Å². The molecule has 0 unspecified atom stereocenters. The molecule has 1 atom stereocenters. The minimum atomic E-state index is -0.468. The number of carbonyl (C=O) groups excluding carboxylic acids is 2. The molecule has 5 nitrogen and oxygen atoms in total. The highest BCUT2D eigenvalue weighted by Crippen LogP contribution is 2.25. The summed E-state index contributed by atoms with van der Waals surface area (Å²) in [4.78, 5) is 27.9. The average molecular weight is 345 g/mol. The average Bonchev–Trinajstić information content (AvgIpc) is 3.14. The van der Waals surface area contributed by atoms with E-state index in [0.717, 1.165) is 4.88 Å². The van der Waals surface area contributed by atoms with Gasteiger partial charge in [-0.25, -0.2) is 9.82 Å². The number of thiophene rings is 1. The van der Waals surface area contributed by atoms with Crippen molar-refractivity contribution >= 4 is 35.1 Å². The molecule has 1 N–H and O–H groups in total. The summed E-state index contributed by atoms with van der Waals surface area (Å²) in [5.41, 5.74) is 3.07. The molecule has 124 valence electrons. The first kappa shape index (κ1) is 16.3. The molecule has 1 aromatic carbocycles. The number of benzene rings is 1. The standard InChI is InChI=1S/C17H16FN3O2S/c1-11-2-7-15(24-11)9-19-20-17(23)12-8-16(22)21(10-12)14-5-3-13(18)4-6-14/h2-7,9,12H,8,10H2,1H3,(H,20,23)/b19-9-/t12-/m1/s1. The van der Waals surface area contributed by atoms with Crippen LogP contribution in [0, 0.1) is 18.7 Å². The minimum absolute atomic E-state index is 0.122. The highest BCUT2D eigenvalue weighted by Gasteiger charge is 2.35. The van der Waals surface area contributed by atoms with Crippen molar-refractivity contribution in [2.24, 2.45) is 11.0 Å². The van der Waals surface area contributed by atoms with E-state index in [9.17, 15) is 14.0 Å². The minimum Gasteiger partial charge on any atom is -0.312 e. The Bertz CT molecular complexity index is 785. The zero-order valence-electron chi connectivity index (χ0n) is 13.0. The van der Waals surface area contributed by atoms with Crippen LogP contribution in [0.25, 0.3) is 0 Å². The maximum Gasteiger partial charge on any atom is 0.245 e. The topological polar surface area (TPSA) is 61.8 Å². The number of carbonyl (C=O) groups is 2. The molecule has 0 aliphatic carbocycles. The Morgan fingerprint density at radius 3 is 2.75 bits per heavy atom. The van der Waals surface area contributed by atoms with Crippen molar-refractivity contribution in [2.45, 2.75) is 13.3 Å². The smallest absolute Gasteiger partial charge is 0.245 e. The molecular formula is C17H16FN3O2S. The fraction of sp³-hybridized carbons (Fsp3) is 0.235. The summed E-state index contributed by atoms with van der Waals surface area (Å²) in [7, 11) is 0. The Morgan fingerprint density at radius 2 is 2.08 bits per heavy atom. The summed E-state index contributed by atoms with van der Waals surface area (Å²) < 4.78 is 13.0. The van der Waals surface area contributed by atoms with Crippen LogP contribution in [0.2, 0.25) is 0 Å². The van der Waals surface area contributed by atoms with Crippen LogP contribution in [0.15, 0.2) is 41.5 Å². The number of hydrazone groups is 1. The van der Waals surface area contributed by atoms with Crippen LogP contribution >= 0.6 is 11.3 Å². The van der Waals surface area contributed by atoms with Gasteiger partial charge in [-0.1, -0.05) is 0 Å². The molecule has 2 aromatic rings. The third-order valence-corrected chi connectivity index (χ3v) is 4.70. The molecule has 1 saturated heterocycles. The predicted octanol–water partition coefficient (Wildman–Crippen LogP) is 2.70. The fourth-order valence-corrected chi connectivity index (χ4v) is 3.28. The Kier molecular flexibility index (Phi) is 4.71. The van der Waals surface area contributed by atoms with Gasteiger partial charge in [0.05, 0.1) is 12.1 Å². The Labute approximate surface area is 142 Å². The van der Waals surface area contributed by atoms with E-state index in [-0.39, 0.29) is 30.6 Å². The molecule has 7 heteroatoms. The van der Waals surface area contributed by atoms with Crippen molar-refractivity contribution in [3.8, 4) is 0 Å². The van der Waals surface area contributed by atoms with E-state index in [1.807, 2.05) is 19.1 Å². The van der Waals surface area contributed by atoms with E-state index in [0.29, 0.717) is 5.69 Å². The largest absolute Gasteiger partial charge is 0.312 e. The SMILES string of the molecule is Cc1ccc(/C=N\NC(=O)[C@@H]2CC(=O)N(c3ccc(F)cc3)C2)s1. The van der Waals surface area contributed by atoms with Crippen LogP contribution in [-0.2, 0) is 9.59 Å². The zero-order chi connectivity index (χ0) is 17.1. The number of anilines is 1. The van der Waals surface area contributed by atoms with Crippen LogP contribution in [0.5, 0.6) is 0 Å². The number of amides is 2. The summed E-state index contributed by atoms with van der Waals surface area (Å²) in [6, 6.07) is 9.55. The molecule has 1 aromatic heterocycles. The van der Waals surface area contributed by atoms with E-state index < -0.39 is 5.92 Å². The summed E-state index contributed by atoms with van der Waals surface area (Å²) in [5.74, 6) is -1.28. The van der Waals surface area contributed by atoms with Gasteiger partial charge in [0.1, 0.15) is 5.82 Å². The van der Waals surface area contributed by atoms with Gasteiger partial charge in [0.15, 0.2) is 0 Å². The Morgan fingerprint density at radius 1 is 1.33 bits per heavy atom. The van der Waals surface area contributed by atoms with Crippen LogP contribution in [0.4, 0.5) is 10.1 Å². The molecule has 1 fully saturated rings. The highest BCUT2D eigenvalue weighted by molar-refractivity contribution is 7.13. The molecule has 1 aliphatic heterocycles. The van der Waals surface area contributed by atoms with Gasteiger partial charge < -0.3 is 4.90 Å². The Balaban J connectivity index is 1.59. The highest BCUT2D eigenvalue weighted by atomic mass is 32.1. The summed E-state index contributed by atoms with van der Waals surface area (Å²) in [6.45, 7) is 2.26. The van der Waals surface area contributed by atoms with Crippen molar-refractivity contribution in [1.29, 1.82) is 0 Å². The molecule has 3 rings (SSSR count). The summed E-state index contributed by atoms with van der Waals surface area (Å²) in [5, 5.41) is 3.94. The van der Waals surface area contributed by atoms with Gasteiger partial charge in [0.25, 0.3) is 0 Å². The second-order valence-electron chi connectivity index (χ2n) is 5.56. The molecule has 2 heterocycles. The number of hydrogen-bond acceptors (Lipinski definition) is 4. The molecule has 0 radical (unpaired) electrons. The van der Waals surface area contributed by atoms with Gasteiger partial charge in [-0.3, -0.25) is 9.59 Å². The van der Waals surface area contributed by atoms with Crippen molar-refractivity contribution < 1.29 is 14.0 Å². The van der Waals surface area contributed by atoms with Crippen molar-refractivity contribution in [1.82, 2.24) is 5.43 Å². The first-order chi connectivity index (χ1) is 11.5. The lowest BCUT2D eigenvalue weighted by Crippen LogP contribution is -2.30. The number of hydrogen-bond donors (Lipinski definition) is 1. The lowest BCUT2D eigenvalue weighted by Gasteiger charge is -2.16. The second-order valence-corrected chi connectivity index (χ2v) is 6.88. The van der Waals surface area contributed by atoms with Crippen LogP contribution in [0.1, 0.15) is 16.2 Å². The van der Waals surface area contributed by atoms with Crippen LogP contribution < -0.4 is 10.3 Å². The van der Waals surface area contributed by atoms with E-state index in [1.54, 1.807) is 17.6 Å². The van der Waals surface area contributed by atoms with Crippen molar-refractivity contribution in [3.05, 3.63) is 52.0 Å². The van der Waals surface area contributed by atoms with Gasteiger partial charge >= 0.3 is 0 Å². The first-order valence-corrected chi connectivity index (χ1v) is 8.30. The third-order valence-electron chi connectivity index (χ3n) is 3.76. The normalized spacial score (nSPS) is 17.7. The lowest BCUT2D eigenvalue weighted by atomic mass is 10.1. The number of nitrogens with zero attached hydrogens (tertiary/aromatic N) is 2. The molecule has 0 saturated carbocycles. The number of rotatable bonds is 4. The second kappa shape index (κ2) is 6.92. The number of aryl methyl sites for hydroxylation is 1. The monoisotopic (exact) mass is 345 g/mol.